The van der Waals surface area contributed by atoms with Crippen molar-refractivity contribution in [2.45, 2.75) is 27.7 Å². The Hall–Kier alpha value is -1.02. The maximum absolute atomic E-state index is 5.10. The number of nitrogen functional groups attached to an aromatic ring is 1. The van der Waals surface area contributed by atoms with Gasteiger partial charge in [-0.05, 0) is 12.1 Å². The Bertz CT molecular complexity index is 149. The van der Waals surface area contributed by atoms with Crippen molar-refractivity contribution in [2.75, 3.05) is 5.43 Å². The summed E-state index contributed by atoms with van der Waals surface area (Å²) in [6, 6.07) is 9.60. The van der Waals surface area contributed by atoms with Gasteiger partial charge in [0.05, 0.1) is 0 Å². The molecule has 0 bridgehead atoms. The van der Waals surface area contributed by atoms with Crippen LogP contribution in [0.5, 0.6) is 0 Å². The highest BCUT2D eigenvalue weighted by Gasteiger charge is 1.78. The Balaban J connectivity index is 0. The summed E-state index contributed by atoms with van der Waals surface area (Å²) in [5.74, 6) is 5.10. The molecule has 0 saturated carbocycles. The molecule has 3 N–H and O–H groups in total. The number of hydrazine groups is 1. The fourth-order valence-electron chi connectivity index (χ4n) is 0.534. The average Bonchev–Trinajstić information content (AvgIpc) is 2.25. The SMILES string of the molecule is CC.CC.NNc1ccccc1. The minimum Gasteiger partial charge on any atom is -0.324 e. The monoisotopic (exact) mass is 168 g/mol. The van der Waals surface area contributed by atoms with Crippen LogP contribution in [0.2, 0.25) is 0 Å². The summed E-state index contributed by atoms with van der Waals surface area (Å²) in [6.07, 6.45) is 0. The third kappa shape index (κ3) is 7.09. The number of anilines is 1. The fraction of sp³-hybridized carbons (Fsp3) is 0.400. The van der Waals surface area contributed by atoms with Crippen molar-refractivity contribution in [1.82, 2.24) is 0 Å². The van der Waals surface area contributed by atoms with Crippen molar-refractivity contribution in [2.24, 2.45) is 5.84 Å². The Kier molecular flexibility index (Phi) is 14.3. The van der Waals surface area contributed by atoms with Crippen LogP contribution < -0.4 is 11.3 Å². The first-order chi connectivity index (χ1) is 5.93. The lowest BCUT2D eigenvalue weighted by Gasteiger charge is -1.94. The fourth-order valence-corrected chi connectivity index (χ4v) is 0.534. The van der Waals surface area contributed by atoms with Gasteiger partial charge in [-0.3, -0.25) is 5.84 Å². The predicted molar refractivity (Wildman–Crippen MR) is 56.9 cm³/mol. The molecule has 0 aliphatic rings. The lowest BCUT2D eigenvalue weighted by atomic mass is 10.3. The summed E-state index contributed by atoms with van der Waals surface area (Å²) in [5.41, 5.74) is 3.46. The van der Waals surface area contributed by atoms with Gasteiger partial charge in [0.2, 0.25) is 0 Å². The number of benzene rings is 1. The molecule has 70 valence electrons. The molecule has 0 spiro atoms. The third-order valence-corrected chi connectivity index (χ3v) is 0.940. The molecule has 0 amide bonds. The second-order valence-electron chi connectivity index (χ2n) is 1.51. The number of rotatable bonds is 1. The van der Waals surface area contributed by atoms with Crippen molar-refractivity contribution in [3.63, 3.8) is 0 Å². The molecule has 0 fully saturated rings. The minimum atomic E-state index is 0.938. The Morgan fingerprint density at radius 1 is 0.917 bits per heavy atom. The second kappa shape index (κ2) is 12.6. The zero-order chi connectivity index (χ0) is 9.82. The van der Waals surface area contributed by atoms with Gasteiger partial charge in [0.25, 0.3) is 0 Å². The largest absolute Gasteiger partial charge is 0.324 e. The topological polar surface area (TPSA) is 38.0 Å². The molecule has 0 unspecified atom stereocenters. The zero-order valence-corrected chi connectivity index (χ0v) is 8.46. The van der Waals surface area contributed by atoms with Gasteiger partial charge in [-0.15, -0.1) is 0 Å². The lowest BCUT2D eigenvalue weighted by molar-refractivity contribution is 1.35. The summed E-state index contributed by atoms with van der Waals surface area (Å²) in [6.45, 7) is 8.00. The average molecular weight is 168 g/mol. The molecular weight excluding hydrogens is 148 g/mol. The summed E-state index contributed by atoms with van der Waals surface area (Å²) in [7, 11) is 0. The molecule has 0 heterocycles. The summed E-state index contributed by atoms with van der Waals surface area (Å²) in [5, 5.41) is 0. The van der Waals surface area contributed by atoms with Gasteiger partial charge in [-0.25, -0.2) is 0 Å². The maximum Gasteiger partial charge on any atom is 0.0485 e. The van der Waals surface area contributed by atoms with E-state index in [0.717, 1.165) is 5.69 Å². The van der Waals surface area contributed by atoms with E-state index in [4.69, 9.17) is 5.84 Å². The Morgan fingerprint density at radius 3 is 1.58 bits per heavy atom. The van der Waals surface area contributed by atoms with Crippen LogP contribution in [-0.2, 0) is 0 Å². The van der Waals surface area contributed by atoms with Gasteiger partial charge < -0.3 is 5.43 Å². The highest BCUT2D eigenvalue weighted by atomic mass is 15.2. The van der Waals surface area contributed by atoms with Crippen LogP contribution in [0, 0.1) is 0 Å². The second-order valence-corrected chi connectivity index (χ2v) is 1.51. The molecule has 2 heteroatoms. The number of nitrogens with two attached hydrogens (primary N) is 1. The molecule has 1 aromatic rings. The van der Waals surface area contributed by atoms with Crippen molar-refractivity contribution >= 4 is 5.69 Å². The van der Waals surface area contributed by atoms with Crippen molar-refractivity contribution < 1.29 is 0 Å². The molecule has 0 radical (unpaired) electrons. The first kappa shape index (κ1) is 13.6. The van der Waals surface area contributed by atoms with Crippen LogP contribution in [-0.4, -0.2) is 0 Å². The van der Waals surface area contributed by atoms with Gasteiger partial charge in [0, 0.05) is 5.69 Å². The zero-order valence-electron chi connectivity index (χ0n) is 8.46. The van der Waals surface area contributed by atoms with E-state index in [9.17, 15) is 0 Å². The summed E-state index contributed by atoms with van der Waals surface area (Å²) < 4.78 is 0. The van der Waals surface area contributed by atoms with E-state index in [2.05, 4.69) is 5.43 Å². The summed E-state index contributed by atoms with van der Waals surface area (Å²) >= 11 is 0. The first-order valence-electron chi connectivity index (χ1n) is 4.45. The van der Waals surface area contributed by atoms with Gasteiger partial charge in [-0.1, -0.05) is 45.9 Å². The van der Waals surface area contributed by atoms with Gasteiger partial charge in [0.1, 0.15) is 0 Å². The van der Waals surface area contributed by atoms with Crippen molar-refractivity contribution in [1.29, 1.82) is 0 Å². The third-order valence-electron chi connectivity index (χ3n) is 0.940. The predicted octanol–water partition coefficient (Wildman–Crippen LogP) is 3.02. The number of nitrogens with one attached hydrogen (secondary N) is 1. The van der Waals surface area contributed by atoms with E-state index in [1.807, 2.05) is 58.0 Å². The normalized spacial score (nSPS) is 6.75. The van der Waals surface area contributed by atoms with Gasteiger partial charge in [0.15, 0.2) is 0 Å². The molecule has 0 aromatic heterocycles. The molecule has 12 heavy (non-hydrogen) atoms. The standard InChI is InChI=1S/C6H8N2.2C2H6/c7-8-6-4-2-1-3-5-6;2*1-2/h1-5,8H,7H2;2*1-2H3. The molecule has 1 rings (SSSR count). The molecule has 0 aliphatic heterocycles. The van der Waals surface area contributed by atoms with E-state index < -0.39 is 0 Å². The highest BCUT2D eigenvalue weighted by Crippen LogP contribution is 2.00. The van der Waals surface area contributed by atoms with E-state index in [-0.39, 0.29) is 0 Å². The Labute approximate surface area is 75.8 Å². The molecule has 0 aliphatic carbocycles. The Morgan fingerprint density at radius 2 is 1.33 bits per heavy atom. The minimum absolute atomic E-state index is 0.938. The molecule has 0 saturated heterocycles. The van der Waals surface area contributed by atoms with E-state index in [1.165, 1.54) is 0 Å². The van der Waals surface area contributed by atoms with Gasteiger partial charge in [-0.2, -0.15) is 0 Å². The van der Waals surface area contributed by atoms with E-state index in [1.54, 1.807) is 0 Å². The lowest BCUT2D eigenvalue weighted by Crippen LogP contribution is -2.05. The van der Waals surface area contributed by atoms with Crippen LogP contribution in [0.4, 0.5) is 5.69 Å². The smallest absolute Gasteiger partial charge is 0.0485 e. The van der Waals surface area contributed by atoms with Crippen LogP contribution in [0.25, 0.3) is 0 Å². The van der Waals surface area contributed by atoms with Gasteiger partial charge >= 0.3 is 0 Å². The number of hydrogen-bond donors (Lipinski definition) is 2. The van der Waals surface area contributed by atoms with E-state index >= 15 is 0 Å². The van der Waals surface area contributed by atoms with Crippen LogP contribution in [0.15, 0.2) is 30.3 Å². The first-order valence-corrected chi connectivity index (χ1v) is 4.45. The van der Waals surface area contributed by atoms with Crippen molar-refractivity contribution in [3.05, 3.63) is 30.3 Å². The number of para-hydroxylation sites is 1. The van der Waals surface area contributed by atoms with E-state index in [0.29, 0.717) is 0 Å². The van der Waals surface area contributed by atoms with Crippen LogP contribution in [0.1, 0.15) is 27.7 Å². The maximum atomic E-state index is 5.10. The highest BCUT2D eigenvalue weighted by molar-refractivity contribution is 5.40. The quantitative estimate of drug-likeness (QED) is 0.499. The number of hydrogen-bond acceptors (Lipinski definition) is 2. The molecule has 0 atom stereocenters. The molecular formula is C10H20N2. The van der Waals surface area contributed by atoms with Crippen molar-refractivity contribution in [3.8, 4) is 0 Å². The summed E-state index contributed by atoms with van der Waals surface area (Å²) in [4.78, 5) is 0. The molecule has 1 aromatic carbocycles. The van der Waals surface area contributed by atoms with Crippen LogP contribution in [0.3, 0.4) is 0 Å². The van der Waals surface area contributed by atoms with Crippen LogP contribution >= 0.6 is 0 Å². The molecule has 2 nitrogen and oxygen atoms in total.